The second-order valence-corrected chi connectivity index (χ2v) is 7.52. The molecule has 1 fully saturated rings. The first-order valence-electron chi connectivity index (χ1n) is 10.4. The van der Waals surface area contributed by atoms with Gasteiger partial charge in [-0.25, -0.2) is 0 Å². The second kappa shape index (κ2) is 10.5. The van der Waals surface area contributed by atoms with Crippen molar-refractivity contribution in [1.82, 2.24) is 9.80 Å². The summed E-state index contributed by atoms with van der Waals surface area (Å²) in [4.78, 5) is 5.33. The van der Waals surface area contributed by atoms with Gasteiger partial charge in [-0.05, 0) is 24.1 Å². The quantitative estimate of drug-likeness (QED) is 0.561. The minimum Gasteiger partial charge on any atom is -0.301 e. The lowest BCUT2D eigenvalue weighted by atomic mass is 9.96. The van der Waals surface area contributed by atoms with Crippen LogP contribution in [0.1, 0.15) is 56.2 Å². The summed E-state index contributed by atoms with van der Waals surface area (Å²) in [5.74, 6) is 0. The van der Waals surface area contributed by atoms with Gasteiger partial charge in [0.15, 0.2) is 0 Å². The Morgan fingerprint density at radius 2 is 1.23 bits per heavy atom. The number of rotatable bonds is 9. The fraction of sp³-hybridized carbons (Fsp3) is 0.500. The summed E-state index contributed by atoms with van der Waals surface area (Å²) in [7, 11) is 0. The molecule has 1 saturated heterocycles. The van der Waals surface area contributed by atoms with Gasteiger partial charge in [0.05, 0.1) is 6.04 Å². The van der Waals surface area contributed by atoms with Crippen LogP contribution in [-0.2, 0) is 0 Å². The maximum Gasteiger partial charge on any atom is 0.0602 e. The normalized spacial score (nSPS) is 16.2. The van der Waals surface area contributed by atoms with Crippen LogP contribution < -0.4 is 0 Å². The summed E-state index contributed by atoms with van der Waals surface area (Å²) in [5, 5.41) is 0. The van der Waals surface area contributed by atoms with Crippen molar-refractivity contribution >= 4 is 0 Å². The third-order valence-corrected chi connectivity index (χ3v) is 5.58. The zero-order valence-electron chi connectivity index (χ0n) is 16.3. The largest absolute Gasteiger partial charge is 0.301 e. The molecule has 0 aliphatic carbocycles. The number of unbranched alkanes of at least 4 members (excludes halogenated alkanes) is 4. The first kappa shape index (κ1) is 19.1. The molecule has 0 radical (unpaired) electrons. The first-order valence-corrected chi connectivity index (χ1v) is 10.4. The average molecular weight is 351 g/mol. The summed E-state index contributed by atoms with van der Waals surface area (Å²) in [6, 6.07) is 22.4. The van der Waals surface area contributed by atoms with Gasteiger partial charge in [0.1, 0.15) is 0 Å². The lowest BCUT2D eigenvalue weighted by Gasteiger charge is -2.39. The van der Waals surface area contributed by atoms with Crippen molar-refractivity contribution in [2.75, 3.05) is 32.7 Å². The van der Waals surface area contributed by atoms with Crippen LogP contribution >= 0.6 is 0 Å². The van der Waals surface area contributed by atoms with E-state index in [0.717, 1.165) is 13.1 Å². The summed E-state index contributed by atoms with van der Waals surface area (Å²) < 4.78 is 0. The number of hydrogen-bond donors (Lipinski definition) is 0. The van der Waals surface area contributed by atoms with Crippen molar-refractivity contribution in [3.63, 3.8) is 0 Å². The SMILES string of the molecule is CCCCCCCN1CCN(C(c2ccccc2)c2ccccc2)CC1. The molecule has 0 amide bonds. The van der Waals surface area contributed by atoms with Crippen molar-refractivity contribution in [1.29, 1.82) is 0 Å². The van der Waals surface area contributed by atoms with E-state index in [1.165, 1.54) is 62.9 Å². The summed E-state index contributed by atoms with van der Waals surface area (Å²) in [6.07, 6.45) is 6.88. The maximum atomic E-state index is 2.66. The van der Waals surface area contributed by atoms with Crippen molar-refractivity contribution in [3.05, 3.63) is 71.8 Å². The fourth-order valence-corrected chi connectivity index (χ4v) is 4.07. The molecular weight excluding hydrogens is 316 g/mol. The molecule has 2 aromatic rings. The van der Waals surface area contributed by atoms with Crippen molar-refractivity contribution in [2.45, 2.75) is 45.1 Å². The Bertz CT molecular complexity index is 563. The van der Waals surface area contributed by atoms with Crippen molar-refractivity contribution in [3.8, 4) is 0 Å². The Hall–Kier alpha value is -1.64. The maximum absolute atomic E-state index is 2.66. The van der Waals surface area contributed by atoms with Crippen LogP contribution in [0.3, 0.4) is 0 Å². The zero-order valence-corrected chi connectivity index (χ0v) is 16.3. The predicted octanol–water partition coefficient (Wildman–Crippen LogP) is 5.36. The average Bonchev–Trinajstić information content (AvgIpc) is 2.71. The van der Waals surface area contributed by atoms with Crippen LogP contribution in [-0.4, -0.2) is 42.5 Å². The molecular formula is C24H34N2. The molecule has 2 heteroatoms. The van der Waals surface area contributed by atoms with Gasteiger partial charge in [0.25, 0.3) is 0 Å². The summed E-state index contributed by atoms with van der Waals surface area (Å²) in [5.41, 5.74) is 2.82. The highest BCUT2D eigenvalue weighted by Gasteiger charge is 2.25. The van der Waals surface area contributed by atoms with Gasteiger partial charge in [-0.15, -0.1) is 0 Å². The molecule has 1 aliphatic heterocycles. The standard InChI is InChI=1S/C24H34N2/c1-2-3-4-5-12-17-25-18-20-26(21-19-25)24(22-13-8-6-9-14-22)23-15-10-7-11-16-23/h6-11,13-16,24H,2-5,12,17-21H2,1H3. The molecule has 26 heavy (non-hydrogen) atoms. The first-order chi connectivity index (χ1) is 12.9. The van der Waals surface area contributed by atoms with E-state index < -0.39 is 0 Å². The Morgan fingerprint density at radius 1 is 0.692 bits per heavy atom. The molecule has 2 nitrogen and oxygen atoms in total. The third-order valence-electron chi connectivity index (χ3n) is 5.58. The van der Waals surface area contributed by atoms with Crippen LogP contribution in [0.15, 0.2) is 60.7 Å². The molecule has 0 N–H and O–H groups in total. The van der Waals surface area contributed by atoms with Gasteiger partial charge in [-0.2, -0.15) is 0 Å². The van der Waals surface area contributed by atoms with E-state index in [-0.39, 0.29) is 0 Å². The number of piperazine rings is 1. The number of benzene rings is 2. The van der Waals surface area contributed by atoms with Crippen LogP contribution in [0, 0.1) is 0 Å². The molecule has 0 atom stereocenters. The van der Waals surface area contributed by atoms with Crippen LogP contribution in [0.25, 0.3) is 0 Å². The lowest BCUT2D eigenvalue weighted by molar-refractivity contribution is 0.108. The number of hydrogen-bond acceptors (Lipinski definition) is 2. The van der Waals surface area contributed by atoms with E-state index in [4.69, 9.17) is 0 Å². The summed E-state index contributed by atoms with van der Waals surface area (Å²) >= 11 is 0. The van der Waals surface area contributed by atoms with E-state index >= 15 is 0 Å². The zero-order chi connectivity index (χ0) is 18.0. The van der Waals surface area contributed by atoms with E-state index in [9.17, 15) is 0 Å². The highest BCUT2D eigenvalue weighted by molar-refractivity contribution is 5.31. The minimum absolute atomic E-state index is 0.379. The van der Waals surface area contributed by atoms with Crippen LogP contribution in [0.2, 0.25) is 0 Å². The lowest BCUT2D eigenvalue weighted by Crippen LogP contribution is -2.48. The van der Waals surface area contributed by atoms with E-state index in [2.05, 4.69) is 77.4 Å². The van der Waals surface area contributed by atoms with E-state index in [0.29, 0.717) is 6.04 Å². The van der Waals surface area contributed by atoms with Crippen molar-refractivity contribution in [2.24, 2.45) is 0 Å². The fourth-order valence-electron chi connectivity index (χ4n) is 4.07. The Labute approximate surface area is 159 Å². The highest BCUT2D eigenvalue weighted by atomic mass is 15.3. The van der Waals surface area contributed by atoms with Gasteiger partial charge in [0.2, 0.25) is 0 Å². The smallest absolute Gasteiger partial charge is 0.0602 e. The van der Waals surface area contributed by atoms with Crippen LogP contribution in [0.5, 0.6) is 0 Å². The highest BCUT2D eigenvalue weighted by Crippen LogP contribution is 2.29. The molecule has 0 unspecified atom stereocenters. The van der Waals surface area contributed by atoms with Gasteiger partial charge < -0.3 is 4.90 Å². The predicted molar refractivity (Wildman–Crippen MR) is 111 cm³/mol. The van der Waals surface area contributed by atoms with Gasteiger partial charge in [0, 0.05) is 26.2 Å². The third kappa shape index (κ3) is 5.43. The molecule has 0 saturated carbocycles. The Kier molecular flexibility index (Phi) is 7.72. The van der Waals surface area contributed by atoms with E-state index in [1.807, 2.05) is 0 Å². The molecule has 0 spiro atoms. The molecule has 3 rings (SSSR count). The van der Waals surface area contributed by atoms with Gasteiger partial charge >= 0.3 is 0 Å². The molecule has 140 valence electrons. The van der Waals surface area contributed by atoms with Crippen molar-refractivity contribution < 1.29 is 0 Å². The Balaban J connectivity index is 1.58. The topological polar surface area (TPSA) is 6.48 Å². The molecule has 0 aromatic heterocycles. The Morgan fingerprint density at radius 3 is 1.77 bits per heavy atom. The molecule has 0 bridgehead atoms. The monoisotopic (exact) mass is 350 g/mol. The van der Waals surface area contributed by atoms with Gasteiger partial charge in [-0.1, -0.05) is 93.3 Å². The molecule has 1 heterocycles. The van der Waals surface area contributed by atoms with E-state index in [1.54, 1.807) is 0 Å². The second-order valence-electron chi connectivity index (χ2n) is 7.52. The van der Waals surface area contributed by atoms with Crippen LogP contribution in [0.4, 0.5) is 0 Å². The minimum atomic E-state index is 0.379. The summed E-state index contributed by atoms with van der Waals surface area (Å²) in [6.45, 7) is 8.27. The van der Waals surface area contributed by atoms with Gasteiger partial charge in [-0.3, -0.25) is 4.90 Å². The molecule has 1 aliphatic rings. The number of nitrogens with zero attached hydrogens (tertiary/aromatic N) is 2. The molecule has 2 aromatic carbocycles.